The summed E-state index contributed by atoms with van der Waals surface area (Å²) in [4.78, 5) is 19.5. The number of ether oxygens (including phenoxy) is 2. The summed E-state index contributed by atoms with van der Waals surface area (Å²) in [7, 11) is -0.0351. The van der Waals surface area contributed by atoms with E-state index in [1.54, 1.807) is 10.9 Å². The molecule has 2 aliphatic heterocycles. The smallest absolute Gasteiger partial charge is 0.238 e. The second-order valence-corrected chi connectivity index (χ2v) is 12.5. The average molecular weight is 547 g/mol. The summed E-state index contributed by atoms with van der Waals surface area (Å²) in [5, 5.41) is 4.60. The maximum absolute atomic E-state index is 15.3. The number of carbonyl (C=O) groups is 1. The van der Waals surface area contributed by atoms with E-state index in [-0.39, 0.29) is 35.7 Å². The number of hydrogen-bond donors (Lipinski definition) is 2. The number of fused-ring (bicyclic) bond motifs is 2. The van der Waals surface area contributed by atoms with Crippen LogP contribution in [-0.4, -0.2) is 55.5 Å². The van der Waals surface area contributed by atoms with Gasteiger partial charge in [-0.25, -0.2) is 8.78 Å². The molecule has 1 aliphatic carbocycles. The van der Waals surface area contributed by atoms with Gasteiger partial charge in [-0.15, -0.1) is 0 Å². The van der Waals surface area contributed by atoms with Crippen LogP contribution in [0.25, 0.3) is 11.3 Å². The largest absolute Gasteiger partial charge is 0.493 e. The maximum atomic E-state index is 15.3. The van der Waals surface area contributed by atoms with Crippen molar-refractivity contribution < 1.29 is 32.2 Å². The SMILES string of the molecule is COc1cc(OC)c(F)c(N2Cc3cnc(-c4cn(C5CCS(O)(O)C5)nc4C)cc3C3(CC3)C2=O)c1F. The predicted octanol–water partition coefficient (Wildman–Crippen LogP) is 4.82. The van der Waals surface area contributed by atoms with Crippen LogP contribution in [0, 0.1) is 18.6 Å². The molecule has 1 unspecified atom stereocenters. The second-order valence-electron chi connectivity index (χ2n) is 10.2. The van der Waals surface area contributed by atoms with Gasteiger partial charge < -0.3 is 14.4 Å². The van der Waals surface area contributed by atoms with Gasteiger partial charge in [0.2, 0.25) is 5.91 Å². The number of nitrogens with zero attached hydrogens (tertiary/aromatic N) is 4. The number of halogens is 2. The molecule has 0 bridgehead atoms. The highest BCUT2D eigenvalue weighted by atomic mass is 32.3. The van der Waals surface area contributed by atoms with Crippen LogP contribution in [0.5, 0.6) is 11.5 Å². The lowest BCUT2D eigenvalue weighted by Gasteiger charge is -2.35. The fourth-order valence-corrected chi connectivity index (χ4v) is 7.40. The lowest BCUT2D eigenvalue weighted by molar-refractivity contribution is -0.121. The Hall–Kier alpha value is -3.22. The van der Waals surface area contributed by atoms with Gasteiger partial charge in [0.05, 0.1) is 49.4 Å². The minimum absolute atomic E-state index is 0.0501. The normalized spacial score (nSPS) is 21.9. The third kappa shape index (κ3) is 3.76. The molecule has 1 aromatic carbocycles. The number of aryl methyl sites for hydroxylation is 1. The van der Waals surface area contributed by atoms with Gasteiger partial charge in [-0.1, -0.05) is 0 Å². The van der Waals surface area contributed by atoms with Gasteiger partial charge in [0.1, 0.15) is 5.69 Å². The summed E-state index contributed by atoms with van der Waals surface area (Å²) in [6.07, 6.45) is 5.26. The third-order valence-corrected chi connectivity index (χ3v) is 9.67. The number of benzene rings is 1. The fourth-order valence-electron chi connectivity index (χ4n) is 5.64. The first-order valence-corrected chi connectivity index (χ1v) is 14.2. The molecule has 2 fully saturated rings. The second kappa shape index (κ2) is 8.65. The average Bonchev–Trinajstić information content (AvgIpc) is 3.47. The molecule has 2 aromatic heterocycles. The van der Waals surface area contributed by atoms with E-state index in [4.69, 9.17) is 9.47 Å². The highest BCUT2D eigenvalue weighted by molar-refractivity contribution is 8.24. The first kappa shape index (κ1) is 25.1. The number of pyridine rings is 1. The number of amides is 1. The van der Waals surface area contributed by atoms with Gasteiger partial charge in [0.15, 0.2) is 23.1 Å². The monoisotopic (exact) mass is 546 g/mol. The van der Waals surface area contributed by atoms with Gasteiger partial charge in [-0.05, 0) is 43.4 Å². The van der Waals surface area contributed by atoms with Crippen LogP contribution < -0.4 is 14.4 Å². The van der Waals surface area contributed by atoms with E-state index in [0.29, 0.717) is 36.3 Å². The quantitative estimate of drug-likeness (QED) is 0.472. The third-order valence-electron chi connectivity index (χ3n) is 7.86. The minimum atomic E-state index is -2.57. The first-order chi connectivity index (χ1) is 18.1. The molecule has 3 aliphatic rings. The number of rotatable bonds is 5. The van der Waals surface area contributed by atoms with Crippen molar-refractivity contribution >= 4 is 22.2 Å². The molecule has 6 rings (SSSR count). The van der Waals surface area contributed by atoms with Crippen LogP contribution in [0.2, 0.25) is 0 Å². The summed E-state index contributed by atoms with van der Waals surface area (Å²) >= 11 is 0. The fraction of sp³-hybridized carbons (Fsp3) is 0.423. The topological polar surface area (TPSA) is 110 Å². The van der Waals surface area contributed by atoms with Crippen LogP contribution in [0.3, 0.4) is 0 Å². The van der Waals surface area contributed by atoms with Gasteiger partial charge in [0.25, 0.3) is 0 Å². The van der Waals surface area contributed by atoms with Crippen LogP contribution >= 0.6 is 10.6 Å². The Balaban J connectivity index is 1.38. The summed E-state index contributed by atoms with van der Waals surface area (Å²) in [5.41, 5.74) is 2.31. The highest BCUT2D eigenvalue weighted by Crippen LogP contribution is 2.55. The van der Waals surface area contributed by atoms with E-state index in [1.807, 2.05) is 19.2 Å². The predicted molar refractivity (Wildman–Crippen MR) is 138 cm³/mol. The van der Waals surface area contributed by atoms with Crippen molar-refractivity contribution in [2.45, 2.75) is 44.2 Å². The zero-order chi connectivity index (χ0) is 27.0. The van der Waals surface area contributed by atoms with Crippen molar-refractivity contribution in [3.8, 4) is 22.8 Å². The number of methoxy groups -OCH3 is 2. The Morgan fingerprint density at radius 2 is 1.82 bits per heavy atom. The van der Waals surface area contributed by atoms with Crippen LogP contribution in [-0.2, 0) is 16.8 Å². The maximum Gasteiger partial charge on any atom is 0.238 e. The van der Waals surface area contributed by atoms with E-state index < -0.39 is 33.3 Å². The van der Waals surface area contributed by atoms with E-state index >= 15 is 8.78 Å². The van der Waals surface area contributed by atoms with Crippen molar-refractivity contribution in [1.29, 1.82) is 0 Å². The van der Waals surface area contributed by atoms with Crippen molar-refractivity contribution in [2.75, 3.05) is 30.6 Å². The van der Waals surface area contributed by atoms with E-state index in [1.165, 1.54) is 14.2 Å². The van der Waals surface area contributed by atoms with E-state index in [9.17, 15) is 13.9 Å². The molecule has 1 saturated heterocycles. The Bertz CT molecular complexity index is 1440. The first-order valence-electron chi connectivity index (χ1n) is 12.3. The van der Waals surface area contributed by atoms with Crippen LogP contribution in [0.4, 0.5) is 14.5 Å². The van der Waals surface area contributed by atoms with E-state index in [0.717, 1.165) is 27.8 Å². The van der Waals surface area contributed by atoms with Crippen LogP contribution in [0.1, 0.15) is 42.1 Å². The van der Waals surface area contributed by atoms with Crippen LogP contribution in [0.15, 0.2) is 24.5 Å². The Labute approximate surface area is 219 Å². The van der Waals surface area contributed by atoms with Gasteiger partial charge in [-0.3, -0.25) is 23.6 Å². The van der Waals surface area contributed by atoms with Crippen molar-refractivity contribution in [3.05, 3.63) is 53.0 Å². The molecule has 1 atom stereocenters. The Kier molecular flexibility index (Phi) is 5.71. The molecule has 1 saturated carbocycles. The zero-order valence-corrected chi connectivity index (χ0v) is 22.0. The molecule has 38 heavy (non-hydrogen) atoms. The van der Waals surface area contributed by atoms with Crippen molar-refractivity contribution in [2.24, 2.45) is 0 Å². The molecule has 1 spiro atoms. The molecule has 1 amide bonds. The van der Waals surface area contributed by atoms with Gasteiger partial charge >= 0.3 is 0 Å². The molecule has 4 heterocycles. The molecular weight excluding hydrogens is 518 g/mol. The Morgan fingerprint density at radius 3 is 2.39 bits per heavy atom. The molecule has 2 N–H and O–H groups in total. The molecule has 12 heteroatoms. The summed E-state index contributed by atoms with van der Waals surface area (Å²) in [6.45, 7) is 1.81. The van der Waals surface area contributed by atoms with E-state index in [2.05, 4.69) is 10.1 Å². The highest BCUT2D eigenvalue weighted by Gasteiger charge is 2.57. The number of hydrogen-bond acceptors (Lipinski definition) is 7. The standard InChI is InChI=1S/C26H28F2N4O5S/c1-14-17(12-32(30-14)16-4-7-38(34,35)13-16)19-8-18-15(10-29-19)11-31(25(33)26(18)5-6-26)24-22(27)20(36-2)9-21(37-3)23(24)28/h8-10,12,16,34-35H,4-7,11,13H2,1-3H3. The number of anilines is 1. The molecule has 0 radical (unpaired) electrons. The van der Waals surface area contributed by atoms with Gasteiger partial charge in [0, 0.05) is 29.8 Å². The van der Waals surface area contributed by atoms with Gasteiger partial charge in [-0.2, -0.15) is 15.7 Å². The lowest BCUT2D eigenvalue weighted by atomic mass is 9.85. The minimum Gasteiger partial charge on any atom is -0.493 e. The summed E-state index contributed by atoms with van der Waals surface area (Å²) in [6, 6.07) is 2.90. The molecular formula is C26H28F2N4O5S. The number of carbonyl (C=O) groups excluding carboxylic acids is 1. The zero-order valence-electron chi connectivity index (χ0n) is 21.2. The van der Waals surface area contributed by atoms with Crippen molar-refractivity contribution in [1.82, 2.24) is 14.8 Å². The molecule has 9 nitrogen and oxygen atoms in total. The van der Waals surface area contributed by atoms with Crippen molar-refractivity contribution in [3.63, 3.8) is 0 Å². The summed E-state index contributed by atoms with van der Waals surface area (Å²) < 4.78 is 62.5. The lowest BCUT2D eigenvalue weighted by Crippen LogP contribution is -2.45. The number of aromatic nitrogens is 3. The molecule has 3 aromatic rings. The summed E-state index contributed by atoms with van der Waals surface area (Å²) in [5.74, 6) is -2.09. The Morgan fingerprint density at radius 1 is 1.13 bits per heavy atom. The molecule has 202 valence electrons.